The van der Waals surface area contributed by atoms with E-state index in [4.69, 9.17) is 0 Å². The molecule has 21 heavy (non-hydrogen) atoms. The van der Waals surface area contributed by atoms with Gasteiger partial charge in [0.05, 0.1) is 0 Å². The highest BCUT2D eigenvalue weighted by Gasteiger charge is 2.30. The van der Waals surface area contributed by atoms with E-state index >= 15 is 0 Å². The zero-order valence-corrected chi connectivity index (χ0v) is 13.2. The Bertz CT molecular complexity index is 530. The van der Waals surface area contributed by atoms with Crippen LogP contribution in [0.1, 0.15) is 36.6 Å². The second-order valence-corrected chi connectivity index (χ2v) is 6.94. The highest BCUT2D eigenvalue weighted by molar-refractivity contribution is 8.00. The third-order valence-electron chi connectivity index (χ3n) is 3.55. The number of aliphatic carboxylic acids is 1. The topological polar surface area (TPSA) is 66.4 Å². The quantitative estimate of drug-likeness (QED) is 0.877. The van der Waals surface area contributed by atoms with E-state index in [-0.39, 0.29) is 17.1 Å². The summed E-state index contributed by atoms with van der Waals surface area (Å²) in [5.74, 6) is -0.0548. The number of rotatable bonds is 5. The summed E-state index contributed by atoms with van der Waals surface area (Å²) >= 11 is 1.58. The number of aryl methyl sites for hydroxylation is 1. The van der Waals surface area contributed by atoms with Crippen molar-refractivity contribution in [1.82, 2.24) is 5.32 Å². The van der Waals surface area contributed by atoms with Gasteiger partial charge in [-0.2, -0.15) is 0 Å². The standard InChI is InChI=1S/C16H21NO3S/c1-10(2)9-13(16(19)20)17-15(18)14-12-6-4-3-5-11(12)7-8-21-14/h3-6,10,13-14H,7-9H2,1-2H3,(H,17,18)(H,19,20)/t13-,14?/m0/s1. The predicted octanol–water partition coefficient (Wildman–Crippen LogP) is 2.63. The molecule has 5 heteroatoms. The molecule has 1 heterocycles. The van der Waals surface area contributed by atoms with Crippen LogP contribution in [0.3, 0.4) is 0 Å². The number of amides is 1. The Labute approximate surface area is 129 Å². The molecule has 1 amide bonds. The van der Waals surface area contributed by atoms with Gasteiger partial charge in [0, 0.05) is 0 Å². The molecule has 4 nitrogen and oxygen atoms in total. The summed E-state index contributed by atoms with van der Waals surface area (Å²) in [6, 6.07) is 7.09. The number of hydrogen-bond acceptors (Lipinski definition) is 3. The molecule has 2 rings (SSSR count). The summed E-state index contributed by atoms with van der Waals surface area (Å²) in [5.41, 5.74) is 2.20. The summed E-state index contributed by atoms with van der Waals surface area (Å²) in [7, 11) is 0. The predicted molar refractivity (Wildman–Crippen MR) is 84.4 cm³/mol. The van der Waals surface area contributed by atoms with E-state index < -0.39 is 12.0 Å². The summed E-state index contributed by atoms with van der Waals surface area (Å²) in [6.45, 7) is 3.90. The van der Waals surface area contributed by atoms with Gasteiger partial charge in [0.1, 0.15) is 11.3 Å². The van der Waals surface area contributed by atoms with E-state index in [0.717, 1.165) is 17.7 Å². The summed E-state index contributed by atoms with van der Waals surface area (Å²) in [6.07, 6.45) is 1.40. The van der Waals surface area contributed by atoms with Crippen LogP contribution in [-0.4, -0.2) is 28.8 Å². The fourth-order valence-corrected chi connectivity index (χ4v) is 3.75. The van der Waals surface area contributed by atoms with E-state index in [1.807, 2.05) is 38.1 Å². The van der Waals surface area contributed by atoms with Crippen molar-refractivity contribution < 1.29 is 14.7 Å². The monoisotopic (exact) mass is 307 g/mol. The Hall–Kier alpha value is -1.49. The summed E-state index contributed by atoms with van der Waals surface area (Å²) in [4.78, 5) is 23.7. The highest BCUT2D eigenvalue weighted by atomic mass is 32.2. The molecular formula is C16H21NO3S. The highest BCUT2D eigenvalue weighted by Crippen LogP contribution is 2.36. The van der Waals surface area contributed by atoms with Gasteiger partial charge in [-0.05, 0) is 35.6 Å². The summed E-state index contributed by atoms with van der Waals surface area (Å²) < 4.78 is 0. The van der Waals surface area contributed by atoms with Crippen molar-refractivity contribution in [2.45, 2.75) is 38.0 Å². The SMILES string of the molecule is CC(C)C[C@H](NC(=O)C1SCCc2ccccc21)C(=O)O. The molecule has 0 fully saturated rings. The van der Waals surface area contributed by atoms with Crippen LogP contribution in [0.4, 0.5) is 0 Å². The van der Waals surface area contributed by atoms with Gasteiger partial charge in [-0.25, -0.2) is 4.79 Å². The molecule has 0 bridgehead atoms. The Kier molecular flexibility index (Phi) is 5.28. The molecule has 2 atom stereocenters. The van der Waals surface area contributed by atoms with Gasteiger partial charge >= 0.3 is 5.97 Å². The van der Waals surface area contributed by atoms with Crippen LogP contribution in [0.2, 0.25) is 0 Å². The van der Waals surface area contributed by atoms with Crippen molar-refractivity contribution in [3.05, 3.63) is 35.4 Å². The molecule has 0 radical (unpaired) electrons. The lowest BCUT2D eigenvalue weighted by Crippen LogP contribution is -2.43. The number of fused-ring (bicyclic) bond motifs is 1. The molecule has 0 aromatic heterocycles. The number of carbonyl (C=O) groups excluding carboxylic acids is 1. The second kappa shape index (κ2) is 6.98. The Morgan fingerprint density at radius 2 is 2.10 bits per heavy atom. The van der Waals surface area contributed by atoms with Crippen LogP contribution in [0.25, 0.3) is 0 Å². The molecule has 1 aromatic rings. The minimum atomic E-state index is -0.967. The van der Waals surface area contributed by atoms with E-state index in [1.54, 1.807) is 11.8 Å². The first-order valence-corrected chi connectivity index (χ1v) is 8.26. The zero-order chi connectivity index (χ0) is 15.4. The molecule has 114 valence electrons. The molecule has 0 saturated heterocycles. The van der Waals surface area contributed by atoms with Gasteiger partial charge in [0.15, 0.2) is 0 Å². The van der Waals surface area contributed by atoms with Crippen LogP contribution in [0.5, 0.6) is 0 Å². The Balaban J connectivity index is 2.12. The molecule has 2 N–H and O–H groups in total. The molecule has 1 aliphatic heterocycles. The van der Waals surface area contributed by atoms with Crippen LogP contribution in [0, 0.1) is 5.92 Å². The van der Waals surface area contributed by atoms with Crippen molar-refractivity contribution in [2.24, 2.45) is 5.92 Å². The third kappa shape index (κ3) is 4.00. The largest absolute Gasteiger partial charge is 0.480 e. The molecule has 0 saturated carbocycles. The number of benzene rings is 1. The minimum Gasteiger partial charge on any atom is -0.480 e. The average molecular weight is 307 g/mol. The van der Waals surface area contributed by atoms with E-state index in [1.165, 1.54) is 5.56 Å². The molecular weight excluding hydrogens is 286 g/mol. The lowest BCUT2D eigenvalue weighted by molar-refractivity contribution is -0.142. The number of thioether (sulfide) groups is 1. The van der Waals surface area contributed by atoms with Crippen LogP contribution >= 0.6 is 11.8 Å². The zero-order valence-electron chi connectivity index (χ0n) is 12.3. The Morgan fingerprint density at radius 3 is 2.76 bits per heavy atom. The Morgan fingerprint density at radius 1 is 1.38 bits per heavy atom. The lowest BCUT2D eigenvalue weighted by Gasteiger charge is -2.26. The number of hydrogen-bond donors (Lipinski definition) is 2. The maximum Gasteiger partial charge on any atom is 0.326 e. The molecule has 1 aliphatic rings. The van der Waals surface area contributed by atoms with Crippen LogP contribution in [-0.2, 0) is 16.0 Å². The number of carbonyl (C=O) groups is 2. The molecule has 1 aromatic carbocycles. The van der Waals surface area contributed by atoms with Gasteiger partial charge in [-0.1, -0.05) is 38.1 Å². The van der Waals surface area contributed by atoms with E-state index in [9.17, 15) is 14.7 Å². The fraction of sp³-hybridized carbons (Fsp3) is 0.500. The van der Waals surface area contributed by atoms with Gasteiger partial charge in [0.25, 0.3) is 0 Å². The maximum absolute atomic E-state index is 12.5. The van der Waals surface area contributed by atoms with Crippen molar-refractivity contribution in [2.75, 3.05) is 5.75 Å². The first-order chi connectivity index (χ1) is 9.99. The smallest absolute Gasteiger partial charge is 0.326 e. The normalized spacial score (nSPS) is 18.9. The number of nitrogens with one attached hydrogen (secondary N) is 1. The van der Waals surface area contributed by atoms with Gasteiger partial charge in [-0.15, -0.1) is 11.8 Å². The number of carboxylic acids is 1. The minimum absolute atomic E-state index is 0.194. The van der Waals surface area contributed by atoms with Crippen LogP contribution in [0.15, 0.2) is 24.3 Å². The second-order valence-electron chi connectivity index (χ2n) is 5.73. The van der Waals surface area contributed by atoms with Crippen molar-refractivity contribution >= 4 is 23.6 Å². The summed E-state index contributed by atoms with van der Waals surface area (Å²) in [5, 5.41) is 11.6. The molecule has 0 aliphatic carbocycles. The fourth-order valence-electron chi connectivity index (χ4n) is 2.55. The van der Waals surface area contributed by atoms with E-state index in [2.05, 4.69) is 5.32 Å². The maximum atomic E-state index is 12.5. The molecule has 0 spiro atoms. The van der Waals surface area contributed by atoms with Crippen molar-refractivity contribution in [1.29, 1.82) is 0 Å². The van der Waals surface area contributed by atoms with Crippen LogP contribution < -0.4 is 5.32 Å². The van der Waals surface area contributed by atoms with Crippen molar-refractivity contribution in [3.63, 3.8) is 0 Å². The van der Waals surface area contributed by atoms with Gasteiger partial charge in [0.2, 0.25) is 5.91 Å². The van der Waals surface area contributed by atoms with Gasteiger partial charge in [-0.3, -0.25) is 4.79 Å². The lowest BCUT2D eigenvalue weighted by atomic mass is 10.00. The van der Waals surface area contributed by atoms with E-state index in [0.29, 0.717) is 6.42 Å². The molecule has 1 unspecified atom stereocenters. The van der Waals surface area contributed by atoms with Crippen molar-refractivity contribution in [3.8, 4) is 0 Å². The van der Waals surface area contributed by atoms with Gasteiger partial charge < -0.3 is 10.4 Å². The third-order valence-corrected chi connectivity index (χ3v) is 4.79. The first kappa shape index (κ1) is 15.9. The average Bonchev–Trinajstić information content (AvgIpc) is 2.45. The number of carboxylic acid groups (broad SMARTS) is 1. The first-order valence-electron chi connectivity index (χ1n) is 7.21.